The van der Waals surface area contributed by atoms with Gasteiger partial charge in [0, 0.05) is 5.56 Å². The smallest absolute Gasteiger partial charge is 0.155 e. The van der Waals surface area contributed by atoms with Crippen molar-refractivity contribution in [3.8, 4) is 11.5 Å². The average molecular weight is 291 g/mol. The van der Waals surface area contributed by atoms with Gasteiger partial charge in [-0.15, -0.1) is 0 Å². The van der Waals surface area contributed by atoms with Crippen LogP contribution in [0.5, 0.6) is 11.5 Å². The summed E-state index contributed by atoms with van der Waals surface area (Å²) in [6.45, 7) is 2.31. The standard InChI is InChI=1S/C16H15ClO3/c1-11-6-7-15(19-2)12(8-11)10-20-16-5-3-4-14(17)13(16)9-18/h3-9H,10H2,1-2H3. The summed E-state index contributed by atoms with van der Waals surface area (Å²) < 4.78 is 11.0. The van der Waals surface area contributed by atoms with Crippen LogP contribution < -0.4 is 9.47 Å². The van der Waals surface area contributed by atoms with E-state index in [-0.39, 0.29) is 0 Å². The molecule has 4 heteroatoms. The van der Waals surface area contributed by atoms with Crippen molar-refractivity contribution < 1.29 is 14.3 Å². The molecule has 0 amide bonds. The maximum Gasteiger partial charge on any atom is 0.155 e. The summed E-state index contributed by atoms with van der Waals surface area (Å²) in [5.74, 6) is 1.22. The summed E-state index contributed by atoms with van der Waals surface area (Å²) in [6, 6.07) is 11.0. The molecule has 0 aliphatic rings. The number of aldehydes is 1. The molecule has 3 nitrogen and oxygen atoms in total. The molecule has 0 aliphatic carbocycles. The first-order chi connectivity index (χ1) is 9.65. The van der Waals surface area contributed by atoms with Crippen molar-refractivity contribution in [1.82, 2.24) is 0 Å². The molecule has 2 rings (SSSR count). The second-order valence-corrected chi connectivity index (χ2v) is 4.78. The van der Waals surface area contributed by atoms with Gasteiger partial charge in [0.15, 0.2) is 6.29 Å². The Morgan fingerprint density at radius 2 is 2.00 bits per heavy atom. The molecule has 0 spiro atoms. The Balaban J connectivity index is 2.23. The second-order valence-electron chi connectivity index (χ2n) is 4.37. The highest BCUT2D eigenvalue weighted by atomic mass is 35.5. The van der Waals surface area contributed by atoms with Crippen LogP contribution in [-0.4, -0.2) is 13.4 Å². The maximum absolute atomic E-state index is 11.0. The minimum absolute atomic E-state index is 0.312. The first kappa shape index (κ1) is 14.4. The van der Waals surface area contributed by atoms with Crippen LogP contribution in [0.25, 0.3) is 0 Å². The lowest BCUT2D eigenvalue weighted by molar-refractivity contribution is 0.111. The fourth-order valence-electron chi connectivity index (χ4n) is 1.93. The summed E-state index contributed by atoms with van der Waals surface area (Å²) in [5, 5.41) is 0.383. The van der Waals surface area contributed by atoms with Crippen LogP contribution in [0.1, 0.15) is 21.5 Å². The number of carbonyl (C=O) groups is 1. The molecule has 0 atom stereocenters. The molecule has 0 N–H and O–H groups in total. The Hall–Kier alpha value is -2.00. The number of benzene rings is 2. The molecule has 0 bridgehead atoms. The highest BCUT2D eigenvalue weighted by Gasteiger charge is 2.09. The van der Waals surface area contributed by atoms with Gasteiger partial charge in [-0.3, -0.25) is 4.79 Å². The molecular weight excluding hydrogens is 276 g/mol. The van der Waals surface area contributed by atoms with Crippen molar-refractivity contribution in [2.75, 3.05) is 7.11 Å². The van der Waals surface area contributed by atoms with Crippen LogP contribution in [-0.2, 0) is 6.61 Å². The number of ether oxygens (including phenoxy) is 2. The number of aryl methyl sites for hydroxylation is 1. The third kappa shape index (κ3) is 3.11. The zero-order valence-corrected chi connectivity index (χ0v) is 12.1. The van der Waals surface area contributed by atoms with E-state index < -0.39 is 0 Å². The summed E-state index contributed by atoms with van der Waals surface area (Å²) >= 11 is 5.96. The van der Waals surface area contributed by atoms with Crippen molar-refractivity contribution in [2.24, 2.45) is 0 Å². The Morgan fingerprint density at radius 1 is 1.20 bits per heavy atom. The van der Waals surface area contributed by atoms with Crippen molar-refractivity contribution in [2.45, 2.75) is 13.5 Å². The zero-order valence-electron chi connectivity index (χ0n) is 11.4. The van der Waals surface area contributed by atoms with E-state index in [1.54, 1.807) is 25.3 Å². The summed E-state index contributed by atoms with van der Waals surface area (Å²) in [4.78, 5) is 11.0. The monoisotopic (exact) mass is 290 g/mol. The Morgan fingerprint density at radius 3 is 2.70 bits per heavy atom. The van der Waals surface area contributed by atoms with Crippen LogP contribution in [0.3, 0.4) is 0 Å². The van der Waals surface area contributed by atoms with Crippen molar-refractivity contribution in [3.63, 3.8) is 0 Å². The molecule has 20 heavy (non-hydrogen) atoms. The van der Waals surface area contributed by atoms with E-state index in [4.69, 9.17) is 21.1 Å². The molecule has 0 aliphatic heterocycles. The predicted octanol–water partition coefficient (Wildman–Crippen LogP) is 4.05. The van der Waals surface area contributed by atoms with Gasteiger partial charge in [0.1, 0.15) is 18.1 Å². The van der Waals surface area contributed by atoms with Crippen LogP contribution >= 0.6 is 11.6 Å². The molecule has 0 saturated heterocycles. The third-order valence-corrected chi connectivity index (χ3v) is 3.28. The van der Waals surface area contributed by atoms with Gasteiger partial charge >= 0.3 is 0 Å². The normalized spacial score (nSPS) is 10.2. The van der Waals surface area contributed by atoms with E-state index in [2.05, 4.69) is 0 Å². The first-order valence-electron chi connectivity index (χ1n) is 6.15. The number of rotatable bonds is 5. The van der Waals surface area contributed by atoms with Gasteiger partial charge in [-0.2, -0.15) is 0 Å². The molecule has 2 aromatic carbocycles. The van der Waals surface area contributed by atoms with Crippen molar-refractivity contribution >= 4 is 17.9 Å². The highest BCUT2D eigenvalue weighted by Crippen LogP contribution is 2.27. The average Bonchev–Trinajstić information content (AvgIpc) is 2.45. The quantitative estimate of drug-likeness (QED) is 0.779. The number of hydrogen-bond acceptors (Lipinski definition) is 3. The predicted molar refractivity (Wildman–Crippen MR) is 78.9 cm³/mol. The Bertz CT molecular complexity index is 623. The van der Waals surface area contributed by atoms with E-state index >= 15 is 0 Å². The van der Waals surface area contributed by atoms with Gasteiger partial charge in [-0.25, -0.2) is 0 Å². The number of carbonyl (C=O) groups excluding carboxylic acids is 1. The molecule has 0 saturated carbocycles. The van der Waals surface area contributed by atoms with E-state index in [0.717, 1.165) is 16.9 Å². The summed E-state index contributed by atoms with van der Waals surface area (Å²) in [5.41, 5.74) is 2.40. The van der Waals surface area contributed by atoms with Crippen LogP contribution in [0.4, 0.5) is 0 Å². The molecule has 0 aromatic heterocycles. The molecule has 104 valence electrons. The van der Waals surface area contributed by atoms with Gasteiger partial charge in [-0.05, 0) is 31.2 Å². The van der Waals surface area contributed by atoms with E-state index in [1.807, 2.05) is 25.1 Å². The largest absolute Gasteiger partial charge is 0.496 e. The minimum Gasteiger partial charge on any atom is -0.496 e. The SMILES string of the molecule is COc1ccc(C)cc1COc1cccc(Cl)c1C=O. The van der Waals surface area contributed by atoms with Crippen LogP contribution in [0.15, 0.2) is 36.4 Å². The lowest BCUT2D eigenvalue weighted by Crippen LogP contribution is -2.01. The summed E-state index contributed by atoms with van der Waals surface area (Å²) in [7, 11) is 1.62. The van der Waals surface area contributed by atoms with Gasteiger partial charge in [0.05, 0.1) is 17.7 Å². The zero-order chi connectivity index (χ0) is 14.5. The summed E-state index contributed by atoms with van der Waals surface area (Å²) in [6.07, 6.45) is 0.700. The van der Waals surface area contributed by atoms with Gasteiger partial charge in [-0.1, -0.05) is 29.3 Å². The van der Waals surface area contributed by atoms with Gasteiger partial charge < -0.3 is 9.47 Å². The Labute approximate surface area is 123 Å². The highest BCUT2D eigenvalue weighted by molar-refractivity contribution is 6.33. The second kappa shape index (κ2) is 6.44. The molecule has 2 aromatic rings. The van der Waals surface area contributed by atoms with Crippen molar-refractivity contribution in [3.05, 3.63) is 58.1 Å². The molecule has 0 heterocycles. The van der Waals surface area contributed by atoms with Gasteiger partial charge in [0.25, 0.3) is 0 Å². The number of halogens is 1. The first-order valence-corrected chi connectivity index (χ1v) is 6.53. The lowest BCUT2D eigenvalue weighted by Gasteiger charge is -2.12. The molecule has 0 radical (unpaired) electrons. The van der Waals surface area contributed by atoms with E-state index in [1.165, 1.54) is 0 Å². The fraction of sp³-hybridized carbons (Fsp3) is 0.188. The lowest BCUT2D eigenvalue weighted by atomic mass is 10.1. The van der Waals surface area contributed by atoms with Crippen molar-refractivity contribution in [1.29, 1.82) is 0 Å². The number of methoxy groups -OCH3 is 1. The molecule has 0 fully saturated rings. The minimum atomic E-state index is 0.312. The van der Waals surface area contributed by atoms with E-state index in [0.29, 0.717) is 29.2 Å². The van der Waals surface area contributed by atoms with Gasteiger partial charge in [0.2, 0.25) is 0 Å². The maximum atomic E-state index is 11.0. The fourth-order valence-corrected chi connectivity index (χ4v) is 2.14. The van der Waals surface area contributed by atoms with Crippen LogP contribution in [0.2, 0.25) is 5.02 Å². The van der Waals surface area contributed by atoms with Crippen LogP contribution in [0, 0.1) is 6.92 Å². The molecular formula is C16H15ClO3. The number of hydrogen-bond donors (Lipinski definition) is 0. The molecule has 0 unspecified atom stereocenters. The Kier molecular flexibility index (Phi) is 4.64. The third-order valence-electron chi connectivity index (χ3n) is 2.95. The topological polar surface area (TPSA) is 35.5 Å². The van der Waals surface area contributed by atoms with E-state index in [9.17, 15) is 4.79 Å².